The molecule has 0 bridgehead atoms. The van der Waals surface area contributed by atoms with Gasteiger partial charge in [0.2, 0.25) is 5.95 Å². The van der Waals surface area contributed by atoms with Gasteiger partial charge in [-0.05, 0) is 18.2 Å². The molecule has 98 valence electrons. The molecule has 0 fully saturated rings. The first-order valence-electron chi connectivity index (χ1n) is 5.45. The van der Waals surface area contributed by atoms with Crippen molar-refractivity contribution in [2.75, 3.05) is 17.2 Å². The Balaban J connectivity index is 2.18. The highest BCUT2D eigenvalue weighted by Gasteiger charge is 2.05. The second-order valence-electron chi connectivity index (χ2n) is 3.58. The van der Waals surface area contributed by atoms with Gasteiger partial charge in [0.25, 0.3) is 0 Å². The summed E-state index contributed by atoms with van der Waals surface area (Å²) in [4.78, 5) is 4.23. The molecule has 0 spiro atoms. The van der Waals surface area contributed by atoms with Gasteiger partial charge in [-0.25, -0.2) is 0 Å². The predicted molar refractivity (Wildman–Crippen MR) is 78.3 cm³/mol. The molecule has 0 aliphatic heterocycles. The average molecular weight is 296 g/mol. The minimum Gasteiger partial charge on any atom is -0.365 e. The van der Waals surface area contributed by atoms with Gasteiger partial charge in [-0.3, -0.25) is 0 Å². The molecule has 2 rings (SSSR count). The maximum atomic E-state index is 6.04. The number of rotatable bonds is 5. The second-order valence-corrected chi connectivity index (χ2v) is 4.43. The lowest BCUT2D eigenvalue weighted by Crippen LogP contribution is -2.05. The number of hydrogen-bond acceptors (Lipinski definition) is 5. The summed E-state index contributed by atoms with van der Waals surface area (Å²) in [5.74, 6) is 0.925. The maximum absolute atomic E-state index is 6.04. The fraction of sp³-hybridized carbons (Fsp3) is 0.0833. The molecule has 0 saturated carbocycles. The van der Waals surface area contributed by atoms with Crippen molar-refractivity contribution in [3.8, 4) is 0 Å². The van der Waals surface area contributed by atoms with Crippen LogP contribution in [0.25, 0.3) is 0 Å². The van der Waals surface area contributed by atoms with E-state index in [1.807, 2.05) is 0 Å². The van der Waals surface area contributed by atoms with Gasteiger partial charge in [-0.1, -0.05) is 29.3 Å². The van der Waals surface area contributed by atoms with Gasteiger partial charge in [0.05, 0.1) is 16.9 Å². The van der Waals surface area contributed by atoms with E-state index in [4.69, 9.17) is 23.2 Å². The SMILES string of the molecule is C=CCNc1cnnc(Nc2cc(Cl)ccc2Cl)n1. The Bertz CT molecular complexity index is 588. The quantitative estimate of drug-likeness (QED) is 0.827. The Hall–Kier alpha value is -1.85. The minimum atomic E-state index is 0.332. The van der Waals surface area contributed by atoms with E-state index >= 15 is 0 Å². The van der Waals surface area contributed by atoms with Crippen LogP contribution in [0.5, 0.6) is 0 Å². The summed E-state index contributed by atoms with van der Waals surface area (Å²) in [6.07, 6.45) is 3.25. The lowest BCUT2D eigenvalue weighted by molar-refractivity contribution is 0.976. The highest BCUT2D eigenvalue weighted by Crippen LogP contribution is 2.27. The number of nitrogens with one attached hydrogen (secondary N) is 2. The summed E-state index contributed by atoms with van der Waals surface area (Å²) in [6.45, 7) is 4.21. The second kappa shape index (κ2) is 6.36. The van der Waals surface area contributed by atoms with E-state index < -0.39 is 0 Å². The van der Waals surface area contributed by atoms with Crippen molar-refractivity contribution in [2.24, 2.45) is 0 Å². The van der Waals surface area contributed by atoms with Crippen molar-refractivity contribution in [3.63, 3.8) is 0 Å². The van der Waals surface area contributed by atoms with Crippen molar-refractivity contribution in [3.05, 3.63) is 47.1 Å². The van der Waals surface area contributed by atoms with Crippen molar-refractivity contribution >= 4 is 40.7 Å². The molecular formula is C12H11Cl2N5. The van der Waals surface area contributed by atoms with Gasteiger partial charge in [0.1, 0.15) is 0 Å². The fourth-order valence-corrected chi connectivity index (χ4v) is 1.67. The fourth-order valence-electron chi connectivity index (χ4n) is 1.33. The topological polar surface area (TPSA) is 62.7 Å². The normalized spacial score (nSPS) is 10.0. The molecule has 0 aliphatic carbocycles. The number of benzene rings is 1. The zero-order chi connectivity index (χ0) is 13.7. The van der Waals surface area contributed by atoms with Crippen LogP contribution in [-0.4, -0.2) is 21.7 Å². The zero-order valence-corrected chi connectivity index (χ0v) is 11.4. The molecule has 5 nitrogen and oxygen atoms in total. The van der Waals surface area contributed by atoms with Crippen molar-refractivity contribution in [2.45, 2.75) is 0 Å². The molecule has 7 heteroatoms. The van der Waals surface area contributed by atoms with Crippen LogP contribution in [0.1, 0.15) is 0 Å². The van der Waals surface area contributed by atoms with Crippen LogP contribution >= 0.6 is 23.2 Å². The third kappa shape index (κ3) is 3.81. The highest BCUT2D eigenvalue weighted by atomic mass is 35.5. The first-order valence-corrected chi connectivity index (χ1v) is 6.21. The molecule has 2 N–H and O–H groups in total. The number of hydrogen-bond donors (Lipinski definition) is 2. The summed E-state index contributed by atoms with van der Waals surface area (Å²) < 4.78 is 0. The standard InChI is InChI=1S/C12H11Cl2N5/c1-2-5-15-11-7-16-19-12(18-11)17-10-6-8(13)3-4-9(10)14/h2-4,6-7H,1,5H2,(H2,15,17,18,19). The van der Waals surface area contributed by atoms with E-state index in [-0.39, 0.29) is 0 Å². The average Bonchev–Trinajstić information content (AvgIpc) is 2.41. The predicted octanol–water partition coefficient (Wildman–Crippen LogP) is 3.52. The largest absolute Gasteiger partial charge is 0.365 e. The monoisotopic (exact) mass is 295 g/mol. The van der Waals surface area contributed by atoms with E-state index in [2.05, 4.69) is 32.4 Å². The lowest BCUT2D eigenvalue weighted by Gasteiger charge is -2.08. The Kier molecular flexibility index (Phi) is 4.54. The van der Waals surface area contributed by atoms with Gasteiger partial charge in [-0.2, -0.15) is 10.1 Å². The maximum Gasteiger partial charge on any atom is 0.249 e. The zero-order valence-electron chi connectivity index (χ0n) is 9.90. The van der Waals surface area contributed by atoms with Crippen molar-refractivity contribution in [1.82, 2.24) is 15.2 Å². The van der Waals surface area contributed by atoms with Gasteiger partial charge in [-0.15, -0.1) is 11.7 Å². The van der Waals surface area contributed by atoms with Gasteiger partial charge in [0, 0.05) is 11.6 Å². The smallest absolute Gasteiger partial charge is 0.249 e. The van der Waals surface area contributed by atoms with E-state index in [1.54, 1.807) is 24.3 Å². The molecule has 0 amide bonds. The molecule has 19 heavy (non-hydrogen) atoms. The summed E-state index contributed by atoms with van der Waals surface area (Å²) in [5.41, 5.74) is 0.622. The molecule has 1 heterocycles. The summed E-state index contributed by atoms with van der Waals surface area (Å²) in [5, 5.41) is 14.8. The van der Waals surface area contributed by atoms with Crippen molar-refractivity contribution in [1.29, 1.82) is 0 Å². The van der Waals surface area contributed by atoms with E-state index in [0.29, 0.717) is 34.0 Å². The molecule has 2 aromatic rings. The Labute approximate surface area is 120 Å². The Morgan fingerprint density at radius 3 is 2.95 bits per heavy atom. The van der Waals surface area contributed by atoms with Crippen LogP contribution < -0.4 is 10.6 Å². The number of anilines is 3. The molecule has 0 radical (unpaired) electrons. The third-order valence-electron chi connectivity index (χ3n) is 2.16. The summed E-state index contributed by atoms with van der Waals surface area (Å²) in [6, 6.07) is 5.09. The Morgan fingerprint density at radius 2 is 2.16 bits per heavy atom. The number of halogens is 2. The van der Waals surface area contributed by atoms with Crippen LogP contribution in [0, 0.1) is 0 Å². The van der Waals surface area contributed by atoms with Crippen LogP contribution in [0.3, 0.4) is 0 Å². The van der Waals surface area contributed by atoms with Crippen LogP contribution in [0.2, 0.25) is 10.0 Å². The molecule has 0 unspecified atom stereocenters. The first-order chi connectivity index (χ1) is 9.19. The molecule has 0 aliphatic rings. The first kappa shape index (κ1) is 13.6. The number of nitrogens with zero attached hydrogens (tertiary/aromatic N) is 3. The molecule has 1 aromatic carbocycles. The third-order valence-corrected chi connectivity index (χ3v) is 2.73. The van der Waals surface area contributed by atoms with Crippen molar-refractivity contribution < 1.29 is 0 Å². The molecule has 0 atom stereocenters. The summed E-state index contributed by atoms with van der Waals surface area (Å²) >= 11 is 11.9. The molecule has 1 aromatic heterocycles. The van der Waals surface area contributed by atoms with E-state index in [0.717, 1.165) is 0 Å². The highest BCUT2D eigenvalue weighted by molar-refractivity contribution is 6.35. The Morgan fingerprint density at radius 1 is 1.32 bits per heavy atom. The molecular weight excluding hydrogens is 285 g/mol. The molecule has 0 saturated heterocycles. The van der Waals surface area contributed by atoms with E-state index in [9.17, 15) is 0 Å². The number of aromatic nitrogens is 3. The van der Waals surface area contributed by atoms with E-state index in [1.165, 1.54) is 6.20 Å². The van der Waals surface area contributed by atoms with Crippen LogP contribution in [0.4, 0.5) is 17.5 Å². The van der Waals surface area contributed by atoms with Gasteiger partial charge >= 0.3 is 0 Å². The van der Waals surface area contributed by atoms with Gasteiger partial charge in [0.15, 0.2) is 5.82 Å². The minimum absolute atomic E-state index is 0.332. The van der Waals surface area contributed by atoms with Crippen LogP contribution in [0.15, 0.2) is 37.1 Å². The summed E-state index contributed by atoms with van der Waals surface area (Å²) in [7, 11) is 0. The lowest BCUT2D eigenvalue weighted by atomic mass is 10.3. The van der Waals surface area contributed by atoms with Gasteiger partial charge < -0.3 is 10.6 Å². The van der Waals surface area contributed by atoms with Crippen LogP contribution in [-0.2, 0) is 0 Å².